The van der Waals surface area contributed by atoms with E-state index in [2.05, 4.69) is 11.9 Å². The Bertz CT molecular complexity index is 1430. The molecular formula is C29H28N2O4. The zero-order chi connectivity index (χ0) is 24.4. The Morgan fingerprint density at radius 2 is 1.74 bits per heavy atom. The predicted octanol–water partition coefficient (Wildman–Crippen LogP) is 6.21. The van der Waals surface area contributed by atoms with Crippen LogP contribution in [0.15, 0.2) is 75.9 Å². The van der Waals surface area contributed by atoms with E-state index >= 15 is 0 Å². The van der Waals surface area contributed by atoms with Gasteiger partial charge in [0.05, 0.1) is 23.6 Å². The largest absolute Gasteiger partial charge is 0.494 e. The molecule has 0 saturated carbocycles. The zero-order valence-electron chi connectivity index (χ0n) is 20.0. The van der Waals surface area contributed by atoms with Crippen LogP contribution < -0.4 is 15.1 Å². The maximum Gasteiger partial charge on any atom is 0.296 e. The summed E-state index contributed by atoms with van der Waals surface area (Å²) in [6.45, 7) is 4.72. The lowest BCUT2D eigenvalue weighted by Crippen LogP contribution is -2.30. The Hall–Kier alpha value is -3.93. The third-order valence-corrected chi connectivity index (χ3v) is 6.36. The van der Waals surface area contributed by atoms with Gasteiger partial charge in [0.1, 0.15) is 17.2 Å². The van der Waals surface area contributed by atoms with Crippen LogP contribution in [0, 0.1) is 6.92 Å². The SMILES string of the molecule is CCCCCCOc1ccc([C@H]2c3c(oc4ccccc4c3=O)C(=O)N2c2cccc(C)n2)cc1. The molecule has 0 N–H and O–H groups in total. The number of fused-ring (bicyclic) bond motifs is 2. The molecule has 1 amide bonds. The van der Waals surface area contributed by atoms with Crippen molar-refractivity contribution in [1.82, 2.24) is 4.98 Å². The Kier molecular flexibility index (Phi) is 6.36. The number of unbranched alkanes of at least 4 members (excludes halogenated alkanes) is 3. The number of aromatic nitrogens is 1. The van der Waals surface area contributed by atoms with E-state index in [1.165, 1.54) is 12.8 Å². The highest BCUT2D eigenvalue weighted by molar-refractivity contribution is 6.10. The standard InChI is InChI=1S/C29H28N2O4/c1-3-4-5-8-18-34-21-16-14-20(15-17-21)26-25-27(32)22-11-6-7-12-23(22)35-28(25)29(33)31(26)24-13-9-10-19(2)30-24/h6-7,9-17,26H,3-5,8,18H2,1-2H3/t26-/m0/s1. The molecule has 0 spiro atoms. The van der Waals surface area contributed by atoms with Crippen LogP contribution in [0.25, 0.3) is 11.0 Å². The molecule has 0 fully saturated rings. The number of para-hydroxylation sites is 1. The van der Waals surface area contributed by atoms with E-state index in [9.17, 15) is 9.59 Å². The minimum Gasteiger partial charge on any atom is -0.494 e. The first-order chi connectivity index (χ1) is 17.1. The first kappa shape index (κ1) is 22.8. The topological polar surface area (TPSA) is 72.6 Å². The first-order valence-corrected chi connectivity index (χ1v) is 12.1. The molecule has 1 aliphatic heterocycles. The minimum absolute atomic E-state index is 0.0678. The van der Waals surface area contributed by atoms with Gasteiger partial charge < -0.3 is 9.15 Å². The van der Waals surface area contributed by atoms with E-state index in [0.717, 1.165) is 29.8 Å². The van der Waals surface area contributed by atoms with Gasteiger partial charge in [-0.1, -0.05) is 56.5 Å². The van der Waals surface area contributed by atoms with E-state index < -0.39 is 6.04 Å². The molecule has 5 rings (SSSR count). The molecule has 0 unspecified atom stereocenters. The molecule has 1 atom stereocenters. The van der Waals surface area contributed by atoms with Crippen LogP contribution in [0.3, 0.4) is 0 Å². The van der Waals surface area contributed by atoms with Crippen molar-refractivity contribution in [1.29, 1.82) is 0 Å². The van der Waals surface area contributed by atoms with E-state index in [-0.39, 0.29) is 17.1 Å². The summed E-state index contributed by atoms with van der Waals surface area (Å²) in [7, 11) is 0. The Morgan fingerprint density at radius 3 is 2.51 bits per heavy atom. The van der Waals surface area contributed by atoms with Gasteiger partial charge >= 0.3 is 0 Å². The van der Waals surface area contributed by atoms with Crippen LogP contribution in [0.4, 0.5) is 5.82 Å². The summed E-state index contributed by atoms with van der Waals surface area (Å²) in [5.41, 5.74) is 2.11. The van der Waals surface area contributed by atoms with Crippen molar-refractivity contribution in [3.63, 3.8) is 0 Å². The van der Waals surface area contributed by atoms with E-state index in [1.54, 1.807) is 35.2 Å². The van der Waals surface area contributed by atoms with E-state index in [0.29, 0.717) is 29.0 Å². The molecule has 6 heteroatoms. The zero-order valence-corrected chi connectivity index (χ0v) is 20.0. The molecule has 4 aromatic rings. The number of carbonyl (C=O) groups excluding carboxylic acids is 1. The van der Waals surface area contributed by atoms with Crippen molar-refractivity contribution in [2.24, 2.45) is 0 Å². The number of amides is 1. The predicted molar refractivity (Wildman–Crippen MR) is 136 cm³/mol. The van der Waals surface area contributed by atoms with Gasteiger partial charge in [-0.25, -0.2) is 4.98 Å². The van der Waals surface area contributed by atoms with Crippen molar-refractivity contribution < 1.29 is 13.9 Å². The number of pyridine rings is 1. The summed E-state index contributed by atoms with van der Waals surface area (Å²) in [6.07, 6.45) is 4.56. The second kappa shape index (κ2) is 9.74. The average Bonchev–Trinajstić information content (AvgIpc) is 3.17. The fraction of sp³-hybridized carbons (Fsp3) is 0.276. The van der Waals surface area contributed by atoms with Crippen molar-refractivity contribution >= 4 is 22.7 Å². The quantitative estimate of drug-likeness (QED) is 0.288. The third-order valence-electron chi connectivity index (χ3n) is 6.36. The maximum absolute atomic E-state index is 13.6. The molecular weight excluding hydrogens is 440 g/mol. The van der Waals surface area contributed by atoms with Gasteiger partial charge in [0.25, 0.3) is 5.91 Å². The highest BCUT2D eigenvalue weighted by Crippen LogP contribution is 2.40. The summed E-state index contributed by atoms with van der Waals surface area (Å²) < 4.78 is 11.9. The second-order valence-electron chi connectivity index (χ2n) is 8.86. The Balaban J connectivity index is 1.56. The third kappa shape index (κ3) is 4.32. The highest BCUT2D eigenvalue weighted by Gasteiger charge is 2.44. The minimum atomic E-state index is -0.647. The van der Waals surface area contributed by atoms with Crippen molar-refractivity contribution in [3.8, 4) is 5.75 Å². The molecule has 0 aliphatic carbocycles. The summed E-state index contributed by atoms with van der Waals surface area (Å²) >= 11 is 0. The second-order valence-corrected chi connectivity index (χ2v) is 8.86. The van der Waals surface area contributed by atoms with Crippen LogP contribution in [-0.4, -0.2) is 17.5 Å². The van der Waals surface area contributed by atoms with Gasteiger partial charge in [-0.15, -0.1) is 0 Å². The molecule has 6 nitrogen and oxygen atoms in total. The number of hydrogen-bond donors (Lipinski definition) is 0. The molecule has 0 bridgehead atoms. The molecule has 178 valence electrons. The summed E-state index contributed by atoms with van der Waals surface area (Å²) in [4.78, 5) is 33.4. The molecule has 1 aliphatic rings. The van der Waals surface area contributed by atoms with E-state index in [1.807, 2.05) is 43.3 Å². The number of benzene rings is 2. The van der Waals surface area contributed by atoms with Crippen LogP contribution in [0.2, 0.25) is 0 Å². The molecule has 2 aromatic heterocycles. The van der Waals surface area contributed by atoms with Crippen molar-refractivity contribution in [2.75, 3.05) is 11.5 Å². The fourth-order valence-corrected chi connectivity index (χ4v) is 4.60. The number of hydrogen-bond acceptors (Lipinski definition) is 5. The normalized spacial score (nSPS) is 15.0. The fourth-order valence-electron chi connectivity index (χ4n) is 4.60. The number of anilines is 1. The molecule has 0 radical (unpaired) electrons. The van der Waals surface area contributed by atoms with Gasteiger partial charge in [-0.2, -0.15) is 0 Å². The van der Waals surface area contributed by atoms with Gasteiger partial charge in [-0.05, 0) is 55.3 Å². The van der Waals surface area contributed by atoms with Crippen molar-refractivity contribution in [3.05, 3.63) is 99.5 Å². The van der Waals surface area contributed by atoms with Crippen LogP contribution in [0.5, 0.6) is 5.75 Å². The van der Waals surface area contributed by atoms with Gasteiger partial charge in [0.15, 0.2) is 5.43 Å². The number of rotatable bonds is 8. The van der Waals surface area contributed by atoms with Crippen LogP contribution >= 0.6 is 0 Å². The lowest BCUT2D eigenvalue weighted by molar-refractivity contribution is 0.0970. The summed E-state index contributed by atoms with van der Waals surface area (Å²) in [6, 6.07) is 19.5. The average molecular weight is 469 g/mol. The van der Waals surface area contributed by atoms with Crippen molar-refractivity contribution in [2.45, 2.75) is 45.6 Å². The molecule has 35 heavy (non-hydrogen) atoms. The molecule has 2 aromatic carbocycles. The first-order valence-electron chi connectivity index (χ1n) is 12.1. The van der Waals surface area contributed by atoms with Gasteiger partial charge in [-0.3, -0.25) is 14.5 Å². The lowest BCUT2D eigenvalue weighted by Gasteiger charge is -2.24. The number of carbonyl (C=O) groups is 1. The van der Waals surface area contributed by atoms with Gasteiger partial charge in [0.2, 0.25) is 5.76 Å². The molecule has 0 saturated heterocycles. The van der Waals surface area contributed by atoms with Gasteiger partial charge in [0, 0.05) is 5.69 Å². The smallest absolute Gasteiger partial charge is 0.296 e. The maximum atomic E-state index is 13.6. The monoisotopic (exact) mass is 468 g/mol. The summed E-state index contributed by atoms with van der Waals surface area (Å²) in [5, 5.41) is 0.454. The highest BCUT2D eigenvalue weighted by atomic mass is 16.5. The number of aryl methyl sites for hydroxylation is 1. The summed E-state index contributed by atoms with van der Waals surface area (Å²) in [5.74, 6) is 0.937. The van der Waals surface area contributed by atoms with Crippen LogP contribution in [-0.2, 0) is 0 Å². The molecule has 3 heterocycles. The Morgan fingerprint density at radius 1 is 0.943 bits per heavy atom. The lowest BCUT2D eigenvalue weighted by atomic mass is 9.98. The Labute approximate surface area is 204 Å². The van der Waals surface area contributed by atoms with E-state index in [4.69, 9.17) is 9.15 Å². The van der Waals surface area contributed by atoms with Crippen LogP contribution in [0.1, 0.15) is 66.0 Å². The number of nitrogens with zero attached hydrogens (tertiary/aromatic N) is 2. The number of ether oxygens (including phenoxy) is 1.